The quantitative estimate of drug-likeness (QED) is 0.558. The molecule has 1 saturated carbocycles. The van der Waals surface area contributed by atoms with Crippen LogP contribution in [0.4, 0.5) is 5.69 Å². The van der Waals surface area contributed by atoms with E-state index in [0.29, 0.717) is 11.5 Å². The Hall–Kier alpha value is -2.25. The van der Waals surface area contributed by atoms with E-state index in [1.165, 1.54) is 12.7 Å². The van der Waals surface area contributed by atoms with Crippen LogP contribution in [0, 0.1) is 11.8 Å². The Kier molecular flexibility index (Phi) is 3.52. The molecule has 0 unspecified atom stereocenters. The smallest absolute Gasteiger partial charge is 0.310 e. The number of nitrogens with zero attached hydrogens (tertiary/aromatic N) is 2. The topological polar surface area (TPSA) is 60.5 Å². The number of hydrogen-bond donors (Lipinski definition) is 0. The number of carbonyl (C=O) groups is 1. The Morgan fingerprint density at radius 3 is 2.63 bits per heavy atom. The fourth-order valence-corrected chi connectivity index (χ4v) is 7.58. The number of esters is 1. The van der Waals surface area contributed by atoms with Gasteiger partial charge >= 0.3 is 5.97 Å². The number of piperidine rings is 2. The third-order valence-corrected chi connectivity index (χ3v) is 8.59. The third kappa shape index (κ3) is 1.69. The summed E-state index contributed by atoms with van der Waals surface area (Å²) in [5, 5.41) is 0. The van der Waals surface area contributed by atoms with Crippen LogP contribution in [0.5, 0.6) is 11.5 Å². The first kappa shape index (κ1) is 18.5. The lowest BCUT2D eigenvalue weighted by molar-refractivity contribution is -0.162. The van der Waals surface area contributed by atoms with Crippen LogP contribution >= 0.6 is 0 Å². The van der Waals surface area contributed by atoms with Crippen molar-refractivity contribution in [2.75, 3.05) is 39.8 Å². The van der Waals surface area contributed by atoms with Crippen LogP contribution < -0.4 is 14.4 Å². The van der Waals surface area contributed by atoms with Crippen molar-refractivity contribution >= 4 is 11.7 Å². The summed E-state index contributed by atoms with van der Waals surface area (Å²) in [5.41, 5.74) is 2.43. The largest absolute Gasteiger partial charge is 0.493 e. The van der Waals surface area contributed by atoms with Gasteiger partial charge in [-0.15, -0.1) is 0 Å². The van der Waals surface area contributed by atoms with Gasteiger partial charge in [0, 0.05) is 31.8 Å². The number of allylic oxidation sites excluding steroid dienone is 1. The number of hydrogen-bond acceptors (Lipinski definition) is 7. The molecule has 1 spiro atoms. The standard InChI is InChI=1S/C23H28N2O5/c1-6-12-11-25-18-7-13(12)20(21(26)29-5)22-10-19(25)30-23(18,22)24(2)15-9-17(28-4)16(27-3)8-14(15)22/h6,8-9,13,18-20H,7,10-11H2,1-5H3/t13-,18-,19-,20-,22-,23-/m0/s1. The molecule has 1 aliphatic carbocycles. The van der Waals surface area contributed by atoms with E-state index in [4.69, 9.17) is 18.9 Å². The molecule has 6 atom stereocenters. The summed E-state index contributed by atoms with van der Waals surface area (Å²) in [6, 6.07) is 4.34. The van der Waals surface area contributed by atoms with Gasteiger partial charge in [0.25, 0.3) is 0 Å². The summed E-state index contributed by atoms with van der Waals surface area (Å²) in [6.07, 6.45) is 3.88. The zero-order valence-corrected chi connectivity index (χ0v) is 18.1. The number of methoxy groups -OCH3 is 3. The molecular formula is C23H28N2O5. The second-order valence-electron chi connectivity index (χ2n) is 9.12. The van der Waals surface area contributed by atoms with Crippen LogP contribution in [0.1, 0.15) is 25.3 Å². The lowest BCUT2D eigenvalue weighted by Crippen LogP contribution is -2.75. The van der Waals surface area contributed by atoms with Crippen molar-refractivity contribution in [2.24, 2.45) is 11.8 Å². The summed E-state index contributed by atoms with van der Waals surface area (Å²) >= 11 is 0. The van der Waals surface area contributed by atoms with E-state index < -0.39 is 11.1 Å². The number of ether oxygens (including phenoxy) is 4. The van der Waals surface area contributed by atoms with E-state index in [0.717, 1.165) is 30.6 Å². The van der Waals surface area contributed by atoms with E-state index in [9.17, 15) is 4.79 Å². The highest BCUT2D eigenvalue weighted by molar-refractivity contribution is 5.83. The predicted octanol–water partition coefficient (Wildman–Crippen LogP) is 2.29. The van der Waals surface area contributed by atoms with Crippen molar-refractivity contribution in [3.63, 3.8) is 0 Å². The molecule has 5 aliphatic rings. The van der Waals surface area contributed by atoms with Gasteiger partial charge in [-0.3, -0.25) is 9.69 Å². The minimum atomic E-state index is -0.577. The summed E-state index contributed by atoms with van der Waals surface area (Å²) in [4.78, 5) is 18.2. The van der Waals surface area contributed by atoms with Gasteiger partial charge in [-0.2, -0.15) is 0 Å². The average Bonchev–Trinajstić information content (AvgIpc) is 3.37. The van der Waals surface area contributed by atoms with Crippen molar-refractivity contribution < 1.29 is 23.7 Å². The van der Waals surface area contributed by atoms with Crippen LogP contribution in [0.2, 0.25) is 0 Å². The Labute approximate surface area is 176 Å². The molecule has 3 saturated heterocycles. The number of carbonyl (C=O) groups excluding carboxylic acids is 1. The maximum atomic E-state index is 13.4. The molecule has 4 heterocycles. The normalized spacial score (nSPS) is 41.2. The van der Waals surface area contributed by atoms with Gasteiger partial charge in [-0.1, -0.05) is 11.6 Å². The van der Waals surface area contributed by atoms with Crippen molar-refractivity contribution in [3.8, 4) is 11.5 Å². The van der Waals surface area contributed by atoms with Crippen molar-refractivity contribution in [2.45, 2.75) is 43.2 Å². The third-order valence-electron chi connectivity index (χ3n) is 8.59. The molecule has 0 N–H and O–H groups in total. The van der Waals surface area contributed by atoms with Crippen LogP contribution in [-0.2, 0) is 19.7 Å². The molecule has 160 valence electrons. The van der Waals surface area contributed by atoms with Gasteiger partial charge in [-0.25, -0.2) is 0 Å². The minimum Gasteiger partial charge on any atom is -0.493 e. The van der Waals surface area contributed by atoms with Crippen molar-refractivity contribution in [3.05, 3.63) is 29.3 Å². The number of fused-ring (bicyclic) bond motifs is 4. The van der Waals surface area contributed by atoms with E-state index in [2.05, 4.69) is 35.9 Å². The number of likely N-dealkylation sites (N-methyl/N-ethyl adjacent to an activating group) is 1. The number of rotatable bonds is 3. The molecule has 7 heteroatoms. The van der Waals surface area contributed by atoms with E-state index in [1.807, 2.05) is 6.07 Å². The lowest BCUT2D eigenvalue weighted by Gasteiger charge is -2.61. The van der Waals surface area contributed by atoms with Gasteiger partial charge in [0.2, 0.25) is 0 Å². The molecule has 30 heavy (non-hydrogen) atoms. The Morgan fingerprint density at radius 2 is 1.97 bits per heavy atom. The summed E-state index contributed by atoms with van der Waals surface area (Å²) in [5.74, 6) is 1.09. The SMILES string of the molecule is CC=C1CN2[C@@H]3C[C@@]45c6cc(OC)c(OC)cc6N(C)[C@]4(O3)[C@@H]2C[C@@H]1[C@H]5C(=O)OC. The second-order valence-corrected chi connectivity index (χ2v) is 9.12. The Morgan fingerprint density at radius 1 is 1.23 bits per heavy atom. The summed E-state index contributed by atoms with van der Waals surface area (Å²) in [6.45, 7) is 2.94. The van der Waals surface area contributed by atoms with Gasteiger partial charge in [0.1, 0.15) is 6.23 Å². The van der Waals surface area contributed by atoms with E-state index >= 15 is 0 Å². The zero-order chi connectivity index (χ0) is 21.0. The van der Waals surface area contributed by atoms with Crippen LogP contribution in [-0.4, -0.2) is 63.8 Å². The monoisotopic (exact) mass is 412 g/mol. The lowest BCUT2D eigenvalue weighted by atomic mass is 9.49. The first-order valence-electron chi connectivity index (χ1n) is 10.6. The van der Waals surface area contributed by atoms with E-state index in [-0.39, 0.29) is 30.1 Å². The molecule has 7 nitrogen and oxygen atoms in total. The molecule has 4 aliphatic heterocycles. The van der Waals surface area contributed by atoms with Gasteiger partial charge in [-0.05, 0) is 30.9 Å². The predicted molar refractivity (Wildman–Crippen MR) is 110 cm³/mol. The molecule has 1 aromatic rings. The first-order valence-corrected chi connectivity index (χ1v) is 10.6. The first-order chi connectivity index (χ1) is 14.5. The highest BCUT2D eigenvalue weighted by atomic mass is 16.6. The molecular weight excluding hydrogens is 384 g/mol. The fraction of sp³-hybridized carbons (Fsp3) is 0.609. The zero-order valence-electron chi connectivity index (χ0n) is 18.1. The molecule has 0 amide bonds. The van der Waals surface area contributed by atoms with Gasteiger partial charge < -0.3 is 23.8 Å². The molecule has 0 radical (unpaired) electrons. The maximum Gasteiger partial charge on any atom is 0.310 e. The molecule has 4 fully saturated rings. The molecule has 1 aromatic carbocycles. The molecule has 0 aromatic heterocycles. The second kappa shape index (κ2) is 5.71. The van der Waals surface area contributed by atoms with Crippen LogP contribution in [0.25, 0.3) is 0 Å². The number of anilines is 1. The Bertz CT molecular complexity index is 992. The van der Waals surface area contributed by atoms with Crippen LogP contribution in [0.3, 0.4) is 0 Å². The summed E-state index contributed by atoms with van der Waals surface area (Å²) in [7, 11) is 6.90. The number of benzene rings is 1. The molecule has 4 bridgehead atoms. The molecule has 6 rings (SSSR count). The highest BCUT2D eigenvalue weighted by Crippen LogP contribution is 2.74. The van der Waals surface area contributed by atoms with Crippen molar-refractivity contribution in [1.29, 1.82) is 0 Å². The fourth-order valence-electron chi connectivity index (χ4n) is 7.58. The van der Waals surface area contributed by atoms with E-state index in [1.54, 1.807) is 14.2 Å². The highest BCUT2D eigenvalue weighted by Gasteiger charge is 2.83. The van der Waals surface area contributed by atoms with Gasteiger partial charge in [0.15, 0.2) is 17.2 Å². The maximum absolute atomic E-state index is 13.4. The van der Waals surface area contributed by atoms with Crippen molar-refractivity contribution in [1.82, 2.24) is 4.90 Å². The summed E-state index contributed by atoms with van der Waals surface area (Å²) < 4.78 is 23.6. The van der Waals surface area contributed by atoms with Crippen LogP contribution in [0.15, 0.2) is 23.8 Å². The Balaban J connectivity index is 1.67. The average molecular weight is 412 g/mol. The van der Waals surface area contributed by atoms with Gasteiger partial charge in [0.05, 0.1) is 38.7 Å². The minimum absolute atomic E-state index is 0.00190.